The molecule has 4 atom stereocenters. The summed E-state index contributed by atoms with van der Waals surface area (Å²) < 4.78 is 22.8. The molecule has 156 valence electrons. The first-order valence-corrected chi connectivity index (χ1v) is 8.80. The molecule has 3 heterocycles. The van der Waals surface area contributed by atoms with Crippen molar-refractivity contribution in [1.29, 1.82) is 0 Å². The van der Waals surface area contributed by atoms with Crippen molar-refractivity contribution in [3.8, 4) is 0 Å². The molecule has 3 rings (SSSR count). The minimum absolute atomic E-state index is 0.0335. The number of esters is 3. The number of aromatic nitrogens is 4. The van der Waals surface area contributed by atoms with E-state index in [9.17, 15) is 19.2 Å². The van der Waals surface area contributed by atoms with Crippen molar-refractivity contribution < 1.29 is 33.3 Å². The third-order valence-corrected chi connectivity index (χ3v) is 4.29. The first-order valence-electron chi connectivity index (χ1n) is 8.43. The Hall–Kier alpha value is -2.99. The summed E-state index contributed by atoms with van der Waals surface area (Å²) in [5.74, 6) is -1.89. The number of hydrogen-bond donors (Lipinski definition) is 1. The van der Waals surface area contributed by atoms with Crippen LogP contribution >= 0.6 is 11.6 Å². The third-order valence-electron chi connectivity index (χ3n) is 4.01. The van der Waals surface area contributed by atoms with Crippen molar-refractivity contribution in [2.75, 3.05) is 6.61 Å². The highest BCUT2D eigenvalue weighted by Gasteiger charge is 2.51. The second-order valence-electron chi connectivity index (χ2n) is 6.20. The Labute approximate surface area is 168 Å². The summed E-state index contributed by atoms with van der Waals surface area (Å²) in [5, 5.41) is -0.0335. The van der Waals surface area contributed by atoms with Gasteiger partial charge in [0, 0.05) is 20.8 Å². The summed E-state index contributed by atoms with van der Waals surface area (Å²) in [5.41, 5.74) is -0.473. The van der Waals surface area contributed by atoms with Gasteiger partial charge in [-0.05, 0) is 0 Å². The zero-order valence-electron chi connectivity index (χ0n) is 15.6. The fraction of sp³-hybridized carbons (Fsp3) is 0.500. The van der Waals surface area contributed by atoms with Gasteiger partial charge < -0.3 is 18.9 Å². The molecule has 1 N–H and O–H groups in total. The van der Waals surface area contributed by atoms with E-state index in [2.05, 4.69) is 15.0 Å². The molecule has 13 heteroatoms. The number of carbonyl (C=O) groups is 3. The Balaban J connectivity index is 2.05. The molecule has 1 unspecified atom stereocenters. The average Bonchev–Trinajstić information content (AvgIpc) is 3.15. The molecule has 29 heavy (non-hydrogen) atoms. The Morgan fingerprint density at radius 3 is 2.45 bits per heavy atom. The molecule has 0 saturated carbocycles. The summed E-state index contributed by atoms with van der Waals surface area (Å²) in [6.45, 7) is 3.29. The van der Waals surface area contributed by atoms with Crippen LogP contribution in [0.15, 0.2) is 11.1 Å². The Morgan fingerprint density at radius 2 is 1.83 bits per heavy atom. The number of imidazole rings is 1. The molecule has 2 aromatic rings. The highest BCUT2D eigenvalue weighted by atomic mass is 35.5. The monoisotopic (exact) mass is 428 g/mol. The summed E-state index contributed by atoms with van der Waals surface area (Å²) >= 11 is 5.99. The first kappa shape index (κ1) is 20.7. The van der Waals surface area contributed by atoms with Gasteiger partial charge >= 0.3 is 23.6 Å². The number of nitrogens with one attached hydrogen (secondary N) is 1. The molecule has 2 aromatic heterocycles. The lowest BCUT2D eigenvalue weighted by Crippen LogP contribution is -2.40. The Kier molecular flexibility index (Phi) is 5.84. The standard InChI is InChI=1S/C16H17ClN4O8/c1-6(22)26-4-9-11(27-7(2)23)12(28-8(3)24)15(29-9)21-5-18-10-13(17)19-16(25)20-14(10)21/h5,9,11-12,15H,4H2,1-3H3,(H,19,20,25)/t9-,11-,12-,15?/m1/s1. The van der Waals surface area contributed by atoms with Crippen LogP contribution in [-0.2, 0) is 33.3 Å². The molecule has 1 aliphatic heterocycles. The highest BCUT2D eigenvalue weighted by molar-refractivity contribution is 6.33. The van der Waals surface area contributed by atoms with Crippen LogP contribution in [0.4, 0.5) is 0 Å². The van der Waals surface area contributed by atoms with E-state index in [1.54, 1.807) is 0 Å². The van der Waals surface area contributed by atoms with E-state index >= 15 is 0 Å². The first-order chi connectivity index (χ1) is 13.7. The number of hydrogen-bond acceptors (Lipinski definition) is 10. The van der Waals surface area contributed by atoms with Crippen molar-refractivity contribution in [3.63, 3.8) is 0 Å². The molecule has 1 saturated heterocycles. The van der Waals surface area contributed by atoms with Gasteiger partial charge in [-0.1, -0.05) is 11.6 Å². The maximum Gasteiger partial charge on any atom is 0.348 e. The number of H-pyrrole nitrogens is 1. The molecule has 1 aliphatic rings. The predicted molar refractivity (Wildman–Crippen MR) is 94.8 cm³/mol. The molecule has 12 nitrogen and oxygen atoms in total. The molecule has 0 aromatic carbocycles. The Bertz CT molecular complexity index is 1020. The minimum Gasteiger partial charge on any atom is -0.463 e. The van der Waals surface area contributed by atoms with Gasteiger partial charge in [-0.15, -0.1) is 0 Å². The molecular formula is C16H17ClN4O8. The SMILES string of the molecule is CC(=O)OC[C@H]1OC(n2cnc3c(Cl)[nH]c(=O)nc32)[C@H](OC(C)=O)[C@@H]1OC(C)=O. The number of aromatic amines is 1. The van der Waals surface area contributed by atoms with E-state index in [0.29, 0.717) is 0 Å². The topological polar surface area (TPSA) is 152 Å². The van der Waals surface area contributed by atoms with Crippen molar-refractivity contribution in [2.45, 2.75) is 45.3 Å². The maximum atomic E-state index is 11.7. The zero-order valence-corrected chi connectivity index (χ0v) is 16.3. The quantitative estimate of drug-likeness (QED) is 0.394. The highest BCUT2D eigenvalue weighted by Crippen LogP contribution is 2.36. The van der Waals surface area contributed by atoms with Crippen molar-refractivity contribution >= 4 is 40.7 Å². The van der Waals surface area contributed by atoms with Gasteiger partial charge in [-0.25, -0.2) is 9.78 Å². The number of rotatable bonds is 5. The summed E-state index contributed by atoms with van der Waals surface area (Å²) in [4.78, 5) is 56.4. The molecule has 0 bridgehead atoms. The van der Waals surface area contributed by atoms with Gasteiger partial charge in [0.15, 0.2) is 24.1 Å². The lowest BCUT2D eigenvalue weighted by molar-refractivity contribution is -0.166. The molecular weight excluding hydrogens is 412 g/mol. The van der Waals surface area contributed by atoms with E-state index in [1.165, 1.54) is 31.7 Å². The van der Waals surface area contributed by atoms with Crippen LogP contribution in [0.5, 0.6) is 0 Å². The second-order valence-corrected chi connectivity index (χ2v) is 6.57. The predicted octanol–water partition coefficient (Wildman–Crippen LogP) is 0.0969. The third kappa shape index (κ3) is 4.38. The van der Waals surface area contributed by atoms with Crippen LogP contribution in [-0.4, -0.2) is 62.3 Å². The van der Waals surface area contributed by atoms with Crippen molar-refractivity contribution in [2.24, 2.45) is 0 Å². The fourth-order valence-corrected chi connectivity index (χ4v) is 3.21. The zero-order chi connectivity index (χ0) is 21.3. The average molecular weight is 429 g/mol. The van der Waals surface area contributed by atoms with E-state index in [-0.39, 0.29) is 22.9 Å². The van der Waals surface area contributed by atoms with Crippen LogP contribution in [0.2, 0.25) is 5.15 Å². The van der Waals surface area contributed by atoms with Gasteiger partial charge in [-0.3, -0.25) is 23.9 Å². The smallest absolute Gasteiger partial charge is 0.348 e. The molecule has 0 amide bonds. The molecule has 0 spiro atoms. The number of carbonyl (C=O) groups excluding carboxylic acids is 3. The van der Waals surface area contributed by atoms with Crippen molar-refractivity contribution in [3.05, 3.63) is 22.0 Å². The minimum atomic E-state index is -1.13. The van der Waals surface area contributed by atoms with Gasteiger partial charge in [-0.2, -0.15) is 4.98 Å². The number of halogens is 1. The molecule has 0 aliphatic carbocycles. The van der Waals surface area contributed by atoms with Crippen LogP contribution < -0.4 is 5.69 Å². The Morgan fingerprint density at radius 1 is 1.17 bits per heavy atom. The number of fused-ring (bicyclic) bond motifs is 1. The van der Waals surface area contributed by atoms with E-state index in [0.717, 1.165) is 0 Å². The van der Waals surface area contributed by atoms with Gasteiger partial charge in [0.25, 0.3) is 0 Å². The fourth-order valence-electron chi connectivity index (χ4n) is 3.00. The lowest BCUT2D eigenvalue weighted by Gasteiger charge is -2.23. The van der Waals surface area contributed by atoms with Gasteiger partial charge in [0.05, 0.1) is 6.33 Å². The van der Waals surface area contributed by atoms with Crippen LogP contribution in [0.3, 0.4) is 0 Å². The largest absolute Gasteiger partial charge is 0.463 e. The molecule has 1 fully saturated rings. The summed E-state index contributed by atoms with van der Waals surface area (Å²) in [6, 6.07) is 0. The second kappa shape index (κ2) is 8.17. The van der Waals surface area contributed by atoms with Gasteiger partial charge in [0.1, 0.15) is 23.4 Å². The van der Waals surface area contributed by atoms with Gasteiger partial charge in [0.2, 0.25) is 0 Å². The summed E-state index contributed by atoms with van der Waals surface area (Å²) in [6.07, 6.45) is -2.96. The molecule has 0 radical (unpaired) electrons. The van der Waals surface area contributed by atoms with Crippen LogP contribution in [0.25, 0.3) is 11.2 Å². The van der Waals surface area contributed by atoms with Crippen LogP contribution in [0.1, 0.15) is 27.0 Å². The van der Waals surface area contributed by atoms with Crippen molar-refractivity contribution in [1.82, 2.24) is 19.5 Å². The van der Waals surface area contributed by atoms with Crippen LogP contribution in [0, 0.1) is 0 Å². The number of nitrogens with zero attached hydrogens (tertiary/aromatic N) is 3. The normalized spacial score (nSPS) is 23.7. The maximum absolute atomic E-state index is 11.7. The number of ether oxygens (including phenoxy) is 4. The van der Waals surface area contributed by atoms with E-state index < -0.39 is 48.1 Å². The van der Waals surface area contributed by atoms with E-state index in [1.807, 2.05) is 0 Å². The lowest BCUT2D eigenvalue weighted by atomic mass is 10.1. The van der Waals surface area contributed by atoms with E-state index in [4.69, 9.17) is 30.5 Å². The summed E-state index contributed by atoms with van der Waals surface area (Å²) in [7, 11) is 0.